The van der Waals surface area contributed by atoms with Gasteiger partial charge in [-0.2, -0.15) is 0 Å². The van der Waals surface area contributed by atoms with Crippen molar-refractivity contribution in [1.29, 1.82) is 0 Å². The first kappa shape index (κ1) is 14.3. The zero-order chi connectivity index (χ0) is 14.5. The first-order chi connectivity index (χ1) is 9.61. The summed E-state index contributed by atoms with van der Waals surface area (Å²) in [4.78, 5) is 12.0. The third-order valence-electron chi connectivity index (χ3n) is 3.48. The minimum Gasteiger partial charge on any atom is -0.508 e. The summed E-state index contributed by atoms with van der Waals surface area (Å²) in [7, 11) is 0. The molecule has 1 atom stereocenters. The summed E-state index contributed by atoms with van der Waals surface area (Å²) in [6, 6.07) is 15.1. The quantitative estimate of drug-likeness (QED) is 0.887. The lowest BCUT2D eigenvalue weighted by molar-refractivity contribution is -0.117. The molecule has 0 fully saturated rings. The Hall–Kier alpha value is -2.09. The molecule has 0 saturated heterocycles. The minimum absolute atomic E-state index is 0.110. The van der Waals surface area contributed by atoms with Gasteiger partial charge in [0, 0.05) is 0 Å². The van der Waals surface area contributed by atoms with Crippen molar-refractivity contribution < 1.29 is 9.90 Å². The fourth-order valence-electron chi connectivity index (χ4n) is 2.49. The van der Waals surface area contributed by atoms with Gasteiger partial charge in [0.2, 0.25) is 0 Å². The second kappa shape index (κ2) is 6.38. The van der Waals surface area contributed by atoms with E-state index in [2.05, 4.69) is 19.1 Å². The van der Waals surface area contributed by atoms with Gasteiger partial charge in [0.1, 0.15) is 11.5 Å². The van der Waals surface area contributed by atoms with Crippen molar-refractivity contribution in [2.45, 2.75) is 32.6 Å². The Bertz CT molecular complexity index is 567. The van der Waals surface area contributed by atoms with E-state index in [1.807, 2.05) is 12.1 Å². The Morgan fingerprint density at radius 3 is 1.95 bits per heavy atom. The molecule has 0 radical (unpaired) electrons. The standard InChI is InChI=1S/C18H20O2/c1-3-4-14-5-7-15(8-6-14)18(13(2)19)16-9-11-17(20)12-10-16/h5-12,18,20H,3-4H2,1-2H3. The summed E-state index contributed by atoms with van der Waals surface area (Å²) < 4.78 is 0. The zero-order valence-corrected chi connectivity index (χ0v) is 12.0. The highest BCUT2D eigenvalue weighted by atomic mass is 16.3. The molecule has 0 bridgehead atoms. The molecule has 0 aliphatic rings. The monoisotopic (exact) mass is 268 g/mol. The number of aryl methyl sites for hydroxylation is 1. The molecule has 0 aromatic heterocycles. The lowest BCUT2D eigenvalue weighted by Gasteiger charge is -2.15. The van der Waals surface area contributed by atoms with Crippen LogP contribution in [-0.2, 0) is 11.2 Å². The average molecular weight is 268 g/mol. The molecule has 2 aromatic rings. The maximum atomic E-state index is 12.0. The SMILES string of the molecule is CCCc1ccc(C(C(C)=O)c2ccc(O)cc2)cc1. The van der Waals surface area contributed by atoms with E-state index in [-0.39, 0.29) is 17.5 Å². The predicted octanol–water partition coefficient (Wildman–Crippen LogP) is 4.07. The largest absolute Gasteiger partial charge is 0.508 e. The number of rotatable bonds is 5. The van der Waals surface area contributed by atoms with Crippen LogP contribution >= 0.6 is 0 Å². The van der Waals surface area contributed by atoms with Crippen LogP contribution in [0, 0.1) is 0 Å². The summed E-state index contributed by atoms with van der Waals surface area (Å²) in [5, 5.41) is 9.36. The maximum absolute atomic E-state index is 12.0. The van der Waals surface area contributed by atoms with Crippen molar-refractivity contribution in [2.75, 3.05) is 0 Å². The molecular formula is C18H20O2. The molecule has 0 saturated carbocycles. The molecule has 104 valence electrons. The van der Waals surface area contributed by atoms with Gasteiger partial charge in [-0.25, -0.2) is 0 Å². The van der Waals surface area contributed by atoms with Crippen LogP contribution in [0.15, 0.2) is 48.5 Å². The van der Waals surface area contributed by atoms with Crippen LogP contribution in [0.4, 0.5) is 0 Å². The van der Waals surface area contributed by atoms with Gasteiger partial charge in [-0.15, -0.1) is 0 Å². The molecule has 20 heavy (non-hydrogen) atoms. The first-order valence-corrected chi connectivity index (χ1v) is 7.00. The van der Waals surface area contributed by atoms with Crippen molar-refractivity contribution in [3.8, 4) is 5.75 Å². The van der Waals surface area contributed by atoms with E-state index in [1.54, 1.807) is 31.2 Å². The minimum atomic E-state index is -0.258. The van der Waals surface area contributed by atoms with Crippen molar-refractivity contribution in [1.82, 2.24) is 0 Å². The average Bonchev–Trinajstić information content (AvgIpc) is 2.43. The van der Waals surface area contributed by atoms with Crippen LogP contribution in [0.1, 0.15) is 42.9 Å². The fourth-order valence-corrected chi connectivity index (χ4v) is 2.49. The van der Waals surface area contributed by atoms with Crippen LogP contribution < -0.4 is 0 Å². The van der Waals surface area contributed by atoms with Crippen LogP contribution in [-0.4, -0.2) is 10.9 Å². The number of ketones is 1. The Morgan fingerprint density at radius 2 is 1.50 bits per heavy atom. The Kier molecular flexibility index (Phi) is 4.57. The van der Waals surface area contributed by atoms with Crippen molar-refractivity contribution in [2.24, 2.45) is 0 Å². The van der Waals surface area contributed by atoms with Crippen LogP contribution in [0.2, 0.25) is 0 Å². The van der Waals surface area contributed by atoms with Gasteiger partial charge in [-0.3, -0.25) is 4.79 Å². The summed E-state index contributed by atoms with van der Waals surface area (Å²) in [6.07, 6.45) is 2.18. The summed E-state index contributed by atoms with van der Waals surface area (Å²) in [6.45, 7) is 3.76. The normalized spacial score (nSPS) is 12.1. The fraction of sp³-hybridized carbons (Fsp3) is 0.278. The molecule has 2 aromatic carbocycles. The molecule has 2 nitrogen and oxygen atoms in total. The van der Waals surface area contributed by atoms with Gasteiger partial charge in [0.05, 0.1) is 5.92 Å². The number of phenols is 1. The number of hydrogen-bond donors (Lipinski definition) is 1. The molecule has 1 N–H and O–H groups in total. The van der Waals surface area contributed by atoms with E-state index < -0.39 is 0 Å². The summed E-state index contributed by atoms with van der Waals surface area (Å²) in [5.41, 5.74) is 3.21. The highest BCUT2D eigenvalue weighted by molar-refractivity contribution is 5.86. The summed E-state index contributed by atoms with van der Waals surface area (Å²) in [5.74, 6) is 0.0690. The number of benzene rings is 2. The maximum Gasteiger partial charge on any atom is 0.141 e. The second-order valence-electron chi connectivity index (χ2n) is 5.13. The van der Waals surface area contributed by atoms with Crippen LogP contribution in [0.5, 0.6) is 5.75 Å². The van der Waals surface area contributed by atoms with Crippen molar-refractivity contribution >= 4 is 5.78 Å². The third kappa shape index (κ3) is 3.27. The molecule has 1 unspecified atom stereocenters. The Labute approximate surface area is 120 Å². The van der Waals surface area contributed by atoms with Gasteiger partial charge >= 0.3 is 0 Å². The molecule has 0 heterocycles. The number of Topliss-reactive ketones (excluding diaryl/α,β-unsaturated/α-hetero) is 1. The zero-order valence-electron chi connectivity index (χ0n) is 12.0. The lowest BCUT2D eigenvalue weighted by atomic mass is 9.87. The number of phenolic OH excluding ortho intramolecular Hbond substituents is 1. The smallest absolute Gasteiger partial charge is 0.141 e. The van der Waals surface area contributed by atoms with E-state index in [9.17, 15) is 9.90 Å². The third-order valence-corrected chi connectivity index (χ3v) is 3.48. The van der Waals surface area contributed by atoms with Crippen molar-refractivity contribution in [3.63, 3.8) is 0 Å². The molecule has 0 aliphatic heterocycles. The Balaban J connectivity index is 2.33. The van der Waals surface area contributed by atoms with Gasteiger partial charge < -0.3 is 5.11 Å². The number of carbonyl (C=O) groups excluding carboxylic acids is 1. The summed E-state index contributed by atoms with van der Waals surface area (Å²) >= 11 is 0. The van der Waals surface area contributed by atoms with Crippen LogP contribution in [0.25, 0.3) is 0 Å². The van der Waals surface area contributed by atoms with Crippen molar-refractivity contribution in [3.05, 3.63) is 65.2 Å². The number of carbonyl (C=O) groups is 1. The predicted molar refractivity (Wildman–Crippen MR) is 81.1 cm³/mol. The number of aromatic hydroxyl groups is 1. The van der Waals surface area contributed by atoms with E-state index in [1.165, 1.54) is 5.56 Å². The van der Waals surface area contributed by atoms with E-state index in [0.29, 0.717) is 0 Å². The van der Waals surface area contributed by atoms with E-state index in [0.717, 1.165) is 24.0 Å². The molecular weight excluding hydrogens is 248 g/mol. The topological polar surface area (TPSA) is 37.3 Å². The lowest BCUT2D eigenvalue weighted by Crippen LogP contribution is -2.10. The van der Waals surface area contributed by atoms with Gasteiger partial charge in [0.15, 0.2) is 0 Å². The molecule has 0 amide bonds. The van der Waals surface area contributed by atoms with Gasteiger partial charge in [-0.1, -0.05) is 49.7 Å². The van der Waals surface area contributed by atoms with E-state index >= 15 is 0 Å². The van der Waals surface area contributed by atoms with E-state index in [4.69, 9.17) is 0 Å². The molecule has 2 rings (SSSR count). The Morgan fingerprint density at radius 1 is 1.00 bits per heavy atom. The molecule has 0 aliphatic carbocycles. The molecule has 2 heteroatoms. The number of hydrogen-bond acceptors (Lipinski definition) is 2. The van der Waals surface area contributed by atoms with Gasteiger partial charge in [0.25, 0.3) is 0 Å². The van der Waals surface area contributed by atoms with Crippen LogP contribution in [0.3, 0.4) is 0 Å². The first-order valence-electron chi connectivity index (χ1n) is 7.00. The highest BCUT2D eigenvalue weighted by Gasteiger charge is 2.18. The highest BCUT2D eigenvalue weighted by Crippen LogP contribution is 2.27. The second-order valence-corrected chi connectivity index (χ2v) is 5.13. The molecule has 0 spiro atoms. The van der Waals surface area contributed by atoms with Gasteiger partial charge in [-0.05, 0) is 42.2 Å².